The summed E-state index contributed by atoms with van der Waals surface area (Å²) in [5.74, 6) is 0. The van der Waals surface area contributed by atoms with E-state index in [9.17, 15) is 21.6 Å². The molecule has 134 valence electrons. The van der Waals surface area contributed by atoms with Crippen molar-refractivity contribution in [2.24, 2.45) is 0 Å². The fourth-order valence-electron chi connectivity index (χ4n) is 1.78. The van der Waals surface area contributed by atoms with Crippen molar-refractivity contribution in [3.05, 3.63) is 29.3 Å². The second kappa shape index (κ2) is 9.43. The van der Waals surface area contributed by atoms with E-state index in [0.29, 0.717) is 19.7 Å². The topological polar surface area (TPSA) is 67.4 Å². The quantitative estimate of drug-likeness (QED) is 0.680. The average molecular weight is 377 g/mol. The molecule has 1 rings (SSSR count). The Morgan fingerprint density at radius 3 is 2.35 bits per heavy atom. The molecular weight excluding hydrogens is 357 g/mol. The molecule has 10 heteroatoms. The van der Waals surface area contributed by atoms with Crippen LogP contribution in [0.2, 0.25) is 0 Å². The first-order valence-corrected chi connectivity index (χ1v) is 8.04. The van der Waals surface area contributed by atoms with Crippen LogP contribution in [-0.2, 0) is 20.9 Å². The molecule has 0 unspecified atom stereocenters. The predicted molar refractivity (Wildman–Crippen MR) is 83.4 cm³/mol. The first kappa shape index (κ1) is 22.1. The summed E-state index contributed by atoms with van der Waals surface area (Å²) >= 11 is 0. The van der Waals surface area contributed by atoms with Crippen molar-refractivity contribution in [3.63, 3.8) is 0 Å². The lowest BCUT2D eigenvalue weighted by atomic mass is 10.1. The number of benzene rings is 1. The highest BCUT2D eigenvalue weighted by Gasteiger charge is 2.31. The zero-order chi connectivity index (χ0) is 16.8. The molecule has 2 N–H and O–H groups in total. The summed E-state index contributed by atoms with van der Waals surface area (Å²) < 4.78 is 69.0. The second-order valence-electron chi connectivity index (χ2n) is 4.62. The summed E-state index contributed by atoms with van der Waals surface area (Å²) in [6.07, 6.45) is -4.49. The van der Waals surface area contributed by atoms with Crippen LogP contribution in [0, 0.1) is 6.92 Å². The van der Waals surface area contributed by atoms with E-state index >= 15 is 0 Å². The SMILES string of the molecule is COCCNCCNS(=O)(=O)c1ccc(C(F)(F)F)cc1C.Cl. The van der Waals surface area contributed by atoms with Gasteiger partial charge in [-0.15, -0.1) is 12.4 Å². The van der Waals surface area contributed by atoms with E-state index in [1.807, 2.05) is 0 Å². The predicted octanol–water partition coefficient (Wildman–Crippen LogP) is 1.95. The maximum atomic E-state index is 12.6. The van der Waals surface area contributed by atoms with E-state index in [1.165, 1.54) is 6.92 Å². The van der Waals surface area contributed by atoms with E-state index < -0.39 is 21.8 Å². The zero-order valence-corrected chi connectivity index (χ0v) is 14.4. The van der Waals surface area contributed by atoms with E-state index in [1.54, 1.807) is 7.11 Å². The highest BCUT2D eigenvalue weighted by molar-refractivity contribution is 7.89. The van der Waals surface area contributed by atoms with Crippen LogP contribution in [0.5, 0.6) is 0 Å². The molecule has 0 aliphatic heterocycles. The van der Waals surface area contributed by atoms with Crippen LogP contribution >= 0.6 is 12.4 Å². The Morgan fingerprint density at radius 1 is 1.17 bits per heavy atom. The summed E-state index contributed by atoms with van der Waals surface area (Å²) in [6.45, 7) is 2.94. The summed E-state index contributed by atoms with van der Waals surface area (Å²) in [7, 11) is -2.28. The van der Waals surface area contributed by atoms with Gasteiger partial charge in [0.05, 0.1) is 17.1 Å². The number of halogens is 4. The van der Waals surface area contributed by atoms with Crippen LogP contribution in [0.3, 0.4) is 0 Å². The molecule has 0 heterocycles. The smallest absolute Gasteiger partial charge is 0.383 e. The molecule has 1 aromatic carbocycles. The minimum Gasteiger partial charge on any atom is -0.383 e. The van der Waals surface area contributed by atoms with E-state index in [-0.39, 0.29) is 29.4 Å². The van der Waals surface area contributed by atoms with Crippen molar-refractivity contribution in [1.82, 2.24) is 10.0 Å². The lowest BCUT2D eigenvalue weighted by Crippen LogP contribution is -2.33. The molecule has 5 nitrogen and oxygen atoms in total. The molecule has 23 heavy (non-hydrogen) atoms. The summed E-state index contributed by atoms with van der Waals surface area (Å²) in [6, 6.07) is 2.56. The summed E-state index contributed by atoms with van der Waals surface area (Å²) in [5.41, 5.74) is -0.820. The number of nitrogens with one attached hydrogen (secondary N) is 2. The molecule has 0 aliphatic rings. The van der Waals surface area contributed by atoms with Gasteiger partial charge in [0.25, 0.3) is 0 Å². The van der Waals surface area contributed by atoms with E-state index in [0.717, 1.165) is 18.2 Å². The molecule has 1 aromatic rings. The Labute approximate surface area is 140 Å². The van der Waals surface area contributed by atoms with Gasteiger partial charge in [-0.1, -0.05) is 0 Å². The summed E-state index contributed by atoms with van der Waals surface area (Å²) in [5, 5.41) is 2.95. The summed E-state index contributed by atoms with van der Waals surface area (Å²) in [4.78, 5) is -0.155. The van der Waals surface area contributed by atoms with Crippen LogP contribution in [0.4, 0.5) is 13.2 Å². The molecular formula is C13H20ClF3N2O3S. The number of alkyl halides is 3. The van der Waals surface area contributed by atoms with Crippen LogP contribution < -0.4 is 10.0 Å². The van der Waals surface area contributed by atoms with Crippen molar-refractivity contribution in [2.45, 2.75) is 18.0 Å². The van der Waals surface area contributed by atoms with Gasteiger partial charge in [0.2, 0.25) is 10.0 Å². The van der Waals surface area contributed by atoms with Crippen LogP contribution in [0.1, 0.15) is 11.1 Å². The molecule has 0 saturated carbocycles. The normalized spacial score (nSPS) is 12.0. The highest BCUT2D eigenvalue weighted by Crippen LogP contribution is 2.31. The van der Waals surface area contributed by atoms with Crippen LogP contribution in [0.25, 0.3) is 0 Å². The molecule has 0 atom stereocenters. The van der Waals surface area contributed by atoms with E-state index in [2.05, 4.69) is 10.0 Å². The second-order valence-corrected chi connectivity index (χ2v) is 6.35. The Balaban J connectivity index is 0.00000484. The van der Waals surface area contributed by atoms with Gasteiger partial charge in [-0.25, -0.2) is 13.1 Å². The van der Waals surface area contributed by atoms with Crippen LogP contribution in [-0.4, -0.2) is 41.8 Å². The zero-order valence-electron chi connectivity index (χ0n) is 12.7. The minimum absolute atomic E-state index is 0. The maximum absolute atomic E-state index is 12.6. The number of sulfonamides is 1. The Morgan fingerprint density at radius 2 is 1.83 bits per heavy atom. The minimum atomic E-state index is -4.49. The first-order chi connectivity index (χ1) is 10.2. The highest BCUT2D eigenvalue weighted by atomic mass is 35.5. The van der Waals surface area contributed by atoms with Crippen molar-refractivity contribution in [2.75, 3.05) is 33.4 Å². The van der Waals surface area contributed by atoms with E-state index in [4.69, 9.17) is 4.74 Å². The van der Waals surface area contributed by atoms with Crippen molar-refractivity contribution in [1.29, 1.82) is 0 Å². The standard InChI is InChI=1S/C13H19F3N2O3S.ClH/c1-10-9-11(13(14,15)16)3-4-12(10)22(19,20)18-6-5-17-7-8-21-2;/h3-4,9,17-18H,5-8H2,1-2H3;1H. The van der Waals surface area contributed by atoms with Gasteiger partial charge in [-0.3, -0.25) is 0 Å². The van der Waals surface area contributed by atoms with Gasteiger partial charge < -0.3 is 10.1 Å². The third-order valence-electron chi connectivity index (χ3n) is 2.87. The van der Waals surface area contributed by atoms with Gasteiger partial charge in [-0.05, 0) is 30.7 Å². The number of aryl methyl sites for hydroxylation is 1. The number of methoxy groups -OCH3 is 1. The van der Waals surface area contributed by atoms with Gasteiger partial charge in [0.1, 0.15) is 0 Å². The molecule has 0 aromatic heterocycles. The first-order valence-electron chi connectivity index (χ1n) is 6.55. The number of rotatable bonds is 8. The molecule has 0 amide bonds. The molecule has 0 aliphatic carbocycles. The van der Waals surface area contributed by atoms with Crippen molar-refractivity contribution >= 4 is 22.4 Å². The van der Waals surface area contributed by atoms with Gasteiger partial charge in [-0.2, -0.15) is 13.2 Å². The third kappa shape index (κ3) is 7.05. The lowest BCUT2D eigenvalue weighted by Gasteiger charge is -2.12. The Kier molecular flexibility index (Phi) is 9.07. The van der Waals surface area contributed by atoms with Crippen molar-refractivity contribution < 1.29 is 26.3 Å². The average Bonchev–Trinajstić information content (AvgIpc) is 2.41. The Hall–Kier alpha value is -0.870. The van der Waals surface area contributed by atoms with Gasteiger partial charge in [0.15, 0.2) is 0 Å². The molecule has 0 radical (unpaired) electrons. The molecule has 0 fully saturated rings. The Bertz CT molecular complexity index is 595. The lowest BCUT2D eigenvalue weighted by molar-refractivity contribution is -0.137. The largest absolute Gasteiger partial charge is 0.416 e. The molecule has 0 spiro atoms. The molecule has 0 bridgehead atoms. The number of hydrogen-bond donors (Lipinski definition) is 2. The maximum Gasteiger partial charge on any atom is 0.416 e. The van der Waals surface area contributed by atoms with Crippen molar-refractivity contribution in [3.8, 4) is 0 Å². The third-order valence-corrected chi connectivity index (χ3v) is 4.49. The fraction of sp³-hybridized carbons (Fsp3) is 0.538. The number of hydrogen-bond acceptors (Lipinski definition) is 4. The van der Waals surface area contributed by atoms with Crippen LogP contribution in [0.15, 0.2) is 23.1 Å². The fourth-order valence-corrected chi connectivity index (χ4v) is 3.03. The van der Waals surface area contributed by atoms with Gasteiger partial charge in [0, 0.05) is 26.7 Å². The molecule has 0 saturated heterocycles. The number of ether oxygens (including phenoxy) is 1. The monoisotopic (exact) mass is 376 g/mol. The van der Waals surface area contributed by atoms with Gasteiger partial charge >= 0.3 is 6.18 Å².